The molecule has 0 heterocycles. The molecule has 0 aliphatic heterocycles. The van der Waals surface area contributed by atoms with Crippen LogP contribution in [0.15, 0.2) is 0 Å². The third-order valence-electron chi connectivity index (χ3n) is 2.77. The van der Waals surface area contributed by atoms with Crippen LogP contribution < -0.4 is 0 Å². The molecule has 0 rings (SSSR count). The number of unbranched alkanes of at least 4 members (excludes halogenated alkanes) is 7. The van der Waals surface area contributed by atoms with Gasteiger partial charge in [0.2, 0.25) is 0 Å². The van der Waals surface area contributed by atoms with E-state index < -0.39 is 0 Å². The number of ether oxygens (including phenoxy) is 1. The predicted molar refractivity (Wildman–Crippen MR) is 71.1 cm³/mol. The van der Waals surface area contributed by atoms with Crippen molar-refractivity contribution >= 4 is 5.97 Å². The number of hydrogen-bond acceptors (Lipinski definition) is 4. The van der Waals surface area contributed by atoms with Crippen molar-refractivity contribution in [2.75, 3.05) is 20.3 Å². The summed E-state index contributed by atoms with van der Waals surface area (Å²) in [6.45, 7) is 3.01. The van der Waals surface area contributed by atoms with Crippen molar-refractivity contribution in [3.8, 4) is 0 Å². The van der Waals surface area contributed by atoms with Gasteiger partial charge in [0, 0.05) is 0 Å². The average molecular weight is 260 g/mol. The van der Waals surface area contributed by atoms with Crippen LogP contribution in [0.25, 0.3) is 0 Å². The largest absolute Gasteiger partial charge is 0.466 e. The minimum Gasteiger partial charge on any atom is -0.466 e. The average Bonchev–Trinajstić information content (AvgIpc) is 2.37. The highest BCUT2D eigenvalue weighted by molar-refractivity contribution is 5.69. The Kier molecular flexibility index (Phi) is 14.0. The Morgan fingerprint density at radius 2 is 1.50 bits per heavy atom. The number of hydrogen-bond donors (Lipinski definition) is 0. The Hall–Kier alpha value is -0.610. The molecule has 0 aromatic carbocycles. The number of carbonyl (C=O) groups is 1. The Morgan fingerprint density at radius 3 is 2.11 bits per heavy atom. The van der Waals surface area contributed by atoms with Gasteiger partial charge in [-0.3, -0.25) is 4.79 Å². The van der Waals surface area contributed by atoms with Crippen molar-refractivity contribution in [2.45, 2.75) is 64.7 Å². The molecule has 0 fully saturated rings. The van der Waals surface area contributed by atoms with Gasteiger partial charge in [-0.25, -0.2) is 9.78 Å². The van der Waals surface area contributed by atoms with E-state index in [-0.39, 0.29) is 19.0 Å². The molecule has 0 bridgehead atoms. The van der Waals surface area contributed by atoms with Gasteiger partial charge in [-0.15, -0.1) is 0 Å². The Bertz CT molecular complexity index is 183. The van der Waals surface area contributed by atoms with E-state index in [2.05, 4.69) is 16.7 Å². The van der Waals surface area contributed by atoms with E-state index in [0.717, 1.165) is 12.8 Å². The third kappa shape index (κ3) is 13.5. The van der Waals surface area contributed by atoms with Crippen LogP contribution in [0.5, 0.6) is 0 Å². The molecule has 0 N–H and O–H groups in total. The van der Waals surface area contributed by atoms with Crippen LogP contribution in [-0.2, 0) is 19.3 Å². The van der Waals surface area contributed by atoms with Crippen LogP contribution in [-0.4, -0.2) is 26.3 Å². The SMILES string of the molecule is CCCCCCCCCCOC(=O)CCOOC. The summed E-state index contributed by atoms with van der Waals surface area (Å²) in [5, 5.41) is 0. The highest BCUT2D eigenvalue weighted by atomic mass is 17.2. The van der Waals surface area contributed by atoms with Gasteiger partial charge in [-0.2, -0.15) is 0 Å². The summed E-state index contributed by atoms with van der Waals surface area (Å²) >= 11 is 0. The zero-order chi connectivity index (χ0) is 13.5. The van der Waals surface area contributed by atoms with Gasteiger partial charge in [0.15, 0.2) is 0 Å². The molecule has 18 heavy (non-hydrogen) atoms. The molecule has 0 saturated heterocycles. The summed E-state index contributed by atoms with van der Waals surface area (Å²) in [6, 6.07) is 0. The molecule has 0 aromatic heterocycles. The Balaban J connectivity index is 3.08. The lowest BCUT2D eigenvalue weighted by molar-refractivity contribution is -0.272. The van der Waals surface area contributed by atoms with Gasteiger partial charge in [-0.05, 0) is 6.42 Å². The van der Waals surface area contributed by atoms with E-state index in [4.69, 9.17) is 4.74 Å². The van der Waals surface area contributed by atoms with E-state index in [9.17, 15) is 4.79 Å². The summed E-state index contributed by atoms with van der Waals surface area (Å²) in [4.78, 5) is 20.1. The molecule has 0 radical (unpaired) electrons. The van der Waals surface area contributed by atoms with Crippen molar-refractivity contribution < 1.29 is 19.3 Å². The smallest absolute Gasteiger partial charge is 0.308 e. The zero-order valence-electron chi connectivity index (χ0n) is 11.9. The maximum Gasteiger partial charge on any atom is 0.308 e. The lowest BCUT2D eigenvalue weighted by atomic mass is 10.1. The van der Waals surface area contributed by atoms with Gasteiger partial charge >= 0.3 is 5.97 Å². The van der Waals surface area contributed by atoms with E-state index >= 15 is 0 Å². The summed E-state index contributed by atoms with van der Waals surface area (Å²) in [5.74, 6) is -0.213. The Labute approximate surface area is 111 Å². The molecule has 0 aliphatic carbocycles. The molecule has 0 unspecified atom stereocenters. The van der Waals surface area contributed by atoms with Crippen molar-refractivity contribution in [2.24, 2.45) is 0 Å². The standard InChI is InChI=1S/C14H28O4/c1-3-4-5-6-7-8-9-10-12-17-14(15)11-13-18-16-2/h3-13H2,1-2H3. The second kappa shape index (κ2) is 14.5. The maximum atomic E-state index is 11.2. The predicted octanol–water partition coefficient (Wildman–Crippen LogP) is 3.64. The van der Waals surface area contributed by atoms with E-state index in [1.807, 2.05) is 0 Å². The van der Waals surface area contributed by atoms with Gasteiger partial charge < -0.3 is 4.74 Å². The van der Waals surface area contributed by atoms with Crippen LogP contribution in [0.2, 0.25) is 0 Å². The normalized spacial score (nSPS) is 10.6. The molecule has 0 saturated carbocycles. The van der Waals surface area contributed by atoms with Crippen LogP contribution in [0.3, 0.4) is 0 Å². The molecule has 0 atom stereocenters. The molecule has 4 heteroatoms. The summed E-state index contributed by atoms with van der Waals surface area (Å²) in [5.41, 5.74) is 0. The second-order valence-corrected chi connectivity index (χ2v) is 4.43. The molecular formula is C14H28O4. The first-order valence-electron chi connectivity index (χ1n) is 7.12. The molecule has 0 amide bonds. The van der Waals surface area contributed by atoms with Crippen molar-refractivity contribution in [1.29, 1.82) is 0 Å². The summed E-state index contributed by atoms with van der Waals surface area (Å²) < 4.78 is 5.06. The number of rotatable bonds is 13. The monoisotopic (exact) mass is 260 g/mol. The molecule has 0 spiro atoms. The van der Waals surface area contributed by atoms with E-state index in [0.29, 0.717) is 6.61 Å². The van der Waals surface area contributed by atoms with E-state index in [1.165, 1.54) is 45.6 Å². The lowest BCUT2D eigenvalue weighted by Gasteiger charge is -2.04. The van der Waals surface area contributed by atoms with Crippen LogP contribution in [0.1, 0.15) is 64.7 Å². The molecule has 4 nitrogen and oxygen atoms in total. The lowest BCUT2D eigenvalue weighted by Crippen LogP contribution is -2.09. The fraction of sp³-hybridized carbons (Fsp3) is 0.929. The topological polar surface area (TPSA) is 44.8 Å². The molecule has 108 valence electrons. The highest BCUT2D eigenvalue weighted by Gasteiger charge is 2.02. The highest BCUT2D eigenvalue weighted by Crippen LogP contribution is 2.08. The molecule has 0 aromatic rings. The van der Waals surface area contributed by atoms with Gasteiger partial charge in [-0.1, -0.05) is 51.9 Å². The minimum atomic E-state index is -0.213. The van der Waals surface area contributed by atoms with Gasteiger partial charge in [0.25, 0.3) is 0 Å². The van der Waals surface area contributed by atoms with Crippen LogP contribution >= 0.6 is 0 Å². The van der Waals surface area contributed by atoms with Gasteiger partial charge in [0.05, 0.1) is 26.7 Å². The number of carbonyl (C=O) groups excluding carboxylic acids is 1. The fourth-order valence-corrected chi connectivity index (χ4v) is 1.70. The summed E-state index contributed by atoms with van der Waals surface area (Å²) in [6.07, 6.45) is 10.2. The van der Waals surface area contributed by atoms with Gasteiger partial charge in [0.1, 0.15) is 0 Å². The first kappa shape index (κ1) is 17.4. The maximum absolute atomic E-state index is 11.2. The van der Waals surface area contributed by atoms with Crippen molar-refractivity contribution in [3.63, 3.8) is 0 Å². The first-order chi connectivity index (χ1) is 8.81. The Morgan fingerprint density at radius 1 is 0.889 bits per heavy atom. The molecule has 0 aliphatic rings. The zero-order valence-corrected chi connectivity index (χ0v) is 11.9. The quantitative estimate of drug-likeness (QED) is 0.219. The third-order valence-corrected chi connectivity index (χ3v) is 2.77. The fourth-order valence-electron chi connectivity index (χ4n) is 1.70. The first-order valence-corrected chi connectivity index (χ1v) is 7.12. The van der Waals surface area contributed by atoms with Crippen LogP contribution in [0.4, 0.5) is 0 Å². The number of esters is 1. The molecular weight excluding hydrogens is 232 g/mol. The van der Waals surface area contributed by atoms with E-state index in [1.54, 1.807) is 0 Å². The van der Waals surface area contributed by atoms with Crippen LogP contribution in [0, 0.1) is 0 Å². The second-order valence-electron chi connectivity index (χ2n) is 4.43. The minimum absolute atomic E-state index is 0.213. The summed E-state index contributed by atoms with van der Waals surface area (Å²) in [7, 11) is 1.42. The van der Waals surface area contributed by atoms with Crippen molar-refractivity contribution in [1.82, 2.24) is 0 Å². The van der Waals surface area contributed by atoms with Crippen molar-refractivity contribution in [3.05, 3.63) is 0 Å².